The topological polar surface area (TPSA) is 318 Å². The fourth-order valence-corrected chi connectivity index (χ4v) is 4.79. The number of nitro groups is 4. The number of nitrogens with zero attached hydrogens (tertiary/aromatic N) is 4. The SMILES string of the molecule is CC(=O)NC(C)(C)CCCC(C)(C)[N+](=O)[O-].CC(C)(CC/C=C1/NC(=O)NC1=O)[N+](=O)[O-].CC(C)(CCCC1NC(=O)NC1=O)[N+](=O)[O-].[CH2-]CCC(C)(C)[N+](=O)[O-].[Y].[Y]. The van der Waals surface area contributed by atoms with E-state index in [0.717, 1.165) is 12.8 Å². The van der Waals surface area contributed by atoms with E-state index in [0.29, 0.717) is 51.4 Å². The van der Waals surface area contributed by atoms with Crippen molar-refractivity contribution in [2.24, 2.45) is 0 Å². The van der Waals surface area contributed by atoms with Gasteiger partial charge < -0.3 is 22.9 Å². The van der Waals surface area contributed by atoms with E-state index in [-0.39, 0.29) is 108 Å². The maximum Gasteiger partial charge on any atom is 0.326 e. The van der Waals surface area contributed by atoms with Crippen molar-refractivity contribution in [3.8, 4) is 0 Å². The van der Waals surface area contributed by atoms with Crippen molar-refractivity contribution in [1.29, 1.82) is 0 Å². The Morgan fingerprint density at radius 1 is 0.661 bits per heavy atom. The second kappa shape index (κ2) is 27.7. The van der Waals surface area contributed by atoms with Gasteiger partial charge in [0.05, 0.1) is 0 Å². The van der Waals surface area contributed by atoms with Crippen LogP contribution in [0.25, 0.3) is 0 Å². The van der Waals surface area contributed by atoms with Crippen LogP contribution in [0, 0.1) is 47.4 Å². The predicted molar refractivity (Wildman–Crippen MR) is 209 cm³/mol. The number of nitrogens with one attached hydrogen (secondary N) is 5. The van der Waals surface area contributed by atoms with Crippen LogP contribution < -0.4 is 26.6 Å². The van der Waals surface area contributed by atoms with Gasteiger partial charge in [0.1, 0.15) is 11.7 Å². The van der Waals surface area contributed by atoms with Gasteiger partial charge >= 0.3 is 12.1 Å². The van der Waals surface area contributed by atoms with E-state index in [1.54, 1.807) is 41.5 Å². The third-order valence-electron chi connectivity index (χ3n) is 8.83. The number of rotatable bonds is 18. The van der Waals surface area contributed by atoms with Gasteiger partial charge in [-0.25, -0.2) is 9.59 Å². The first-order valence-electron chi connectivity index (χ1n) is 18.3. The first-order valence-corrected chi connectivity index (χ1v) is 18.3. The van der Waals surface area contributed by atoms with Gasteiger partial charge in [0.2, 0.25) is 28.1 Å². The zero-order chi connectivity index (χ0) is 45.2. The molecule has 5 N–H and O–H groups in total. The molecule has 2 aliphatic rings. The summed E-state index contributed by atoms with van der Waals surface area (Å²) in [5.41, 5.74) is -3.83. The van der Waals surface area contributed by atoms with Crippen molar-refractivity contribution < 1.29 is 109 Å². The Morgan fingerprint density at radius 3 is 1.42 bits per heavy atom. The molecule has 2 radical (unpaired) electrons. The van der Waals surface area contributed by atoms with Crippen molar-refractivity contribution >= 4 is 29.8 Å². The van der Waals surface area contributed by atoms with Crippen molar-refractivity contribution in [2.75, 3.05) is 0 Å². The molecule has 2 rings (SSSR count). The minimum atomic E-state index is -1.03. The standard InChI is InChI=1S/C11H22N2O3.C9H15N3O4.C9H13N3O4.C6H12NO2.2Y/c1-9(14)12-10(2,3)7-6-8-11(4,5)13(15)16;2*1-9(2,12(15)16)5-3-4-6-7(13)11-8(14)10-6;1-4-5-6(2,3)7(8)9;;/h6-8H2,1-5H3,(H,12,14);6H,3-5H2,1-2H3,(H2,10,11,13,14);4H,3,5H2,1-2H3,(H2,10,11,13,14);1,4-5H2,2-3H3;;/q;;;-1;;/b;;6-4+;;;. The van der Waals surface area contributed by atoms with E-state index < -0.39 is 46.2 Å². The zero-order valence-electron chi connectivity index (χ0n) is 36.2. The smallest absolute Gasteiger partial charge is 0.326 e. The number of imide groups is 2. The molecular formula is C35H62N9O13Y2-. The molecule has 0 aromatic heterocycles. The summed E-state index contributed by atoms with van der Waals surface area (Å²) in [6.45, 7) is 21.4. The molecule has 22 nitrogen and oxygen atoms in total. The van der Waals surface area contributed by atoms with Gasteiger partial charge in [-0.15, -0.1) is 0 Å². The third kappa shape index (κ3) is 26.7. The Balaban J connectivity index is -0.000000345. The molecule has 2 saturated heterocycles. The molecule has 0 aromatic rings. The van der Waals surface area contributed by atoms with Crippen molar-refractivity contribution in [2.45, 2.75) is 174 Å². The van der Waals surface area contributed by atoms with Crippen LogP contribution in [0.3, 0.4) is 0 Å². The van der Waals surface area contributed by atoms with Crippen LogP contribution in [-0.4, -0.2) is 83.2 Å². The van der Waals surface area contributed by atoms with Gasteiger partial charge in [0.15, 0.2) is 0 Å². The largest absolute Gasteiger partial charge is 0.351 e. The molecule has 1 unspecified atom stereocenters. The second-order valence-corrected chi connectivity index (χ2v) is 16.8. The summed E-state index contributed by atoms with van der Waals surface area (Å²) >= 11 is 0. The Kier molecular flexibility index (Phi) is 29.3. The minimum absolute atomic E-state index is 0. The number of carbonyl (C=O) groups is 5. The molecule has 0 bridgehead atoms. The molecule has 7 amide bonds. The number of urea groups is 2. The molecule has 2 aliphatic heterocycles. The normalized spacial score (nSPS) is 15.7. The molecule has 0 saturated carbocycles. The average Bonchev–Trinajstić information content (AvgIpc) is 3.53. The number of amides is 7. The second-order valence-electron chi connectivity index (χ2n) is 16.8. The number of hydrogen-bond donors (Lipinski definition) is 5. The van der Waals surface area contributed by atoms with Crippen LogP contribution in [-0.2, 0) is 79.8 Å². The fraction of sp³-hybridized carbons (Fsp3) is 0.771. The summed E-state index contributed by atoms with van der Waals surface area (Å²) < 4.78 is 0. The van der Waals surface area contributed by atoms with E-state index in [2.05, 4.69) is 28.2 Å². The third-order valence-corrected chi connectivity index (χ3v) is 8.83. The molecular weight excluding hydrogens is 932 g/mol. The Hall–Kier alpha value is -3.10. The Bertz CT molecular complexity index is 1520. The van der Waals surface area contributed by atoms with Gasteiger partial charge in [-0.3, -0.25) is 65.5 Å². The van der Waals surface area contributed by atoms with E-state index in [1.807, 2.05) is 19.2 Å². The zero-order valence-corrected chi connectivity index (χ0v) is 41.9. The average molecular weight is 995 g/mol. The molecule has 0 spiro atoms. The van der Waals surface area contributed by atoms with Gasteiger partial charge in [0.25, 0.3) is 11.8 Å². The van der Waals surface area contributed by atoms with Gasteiger partial charge in [-0.05, 0) is 52.4 Å². The maximum atomic E-state index is 11.1. The summed E-state index contributed by atoms with van der Waals surface area (Å²) in [5.74, 6) is -0.925. The van der Waals surface area contributed by atoms with Crippen LogP contribution >= 0.6 is 0 Å². The quantitative estimate of drug-likeness (QED) is 0.0408. The van der Waals surface area contributed by atoms with Crippen LogP contribution in [0.1, 0.15) is 140 Å². The number of hydrogen-bond acceptors (Lipinski definition) is 13. The maximum absolute atomic E-state index is 11.1. The molecule has 0 aliphatic carbocycles. The van der Waals surface area contributed by atoms with E-state index in [1.165, 1.54) is 26.8 Å². The molecule has 2 heterocycles. The molecule has 2 fully saturated rings. The van der Waals surface area contributed by atoms with Crippen molar-refractivity contribution in [3.63, 3.8) is 0 Å². The van der Waals surface area contributed by atoms with Gasteiger partial charge in [0, 0.05) is 172 Å². The monoisotopic (exact) mass is 994 g/mol. The van der Waals surface area contributed by atoms with Crippen LogP contribution in [0.2, 0.25) is 0 Å². The molecule has 0 aromatic carbocycles. The Labute approximate surface area is 395 Å². The van der Waals surface area contributed by atoms with Crippen LogP contribution in [0.4, 0.5) is 9.59 Å². The first-order chi connectivity index (χ1) is 25.7. The summed E-state index contributed by atoms with van der Waals surface area (Å²) in [7, 11) is 0. The van der Waals surface area contributed by atoms with Crippen LogP contribution in [0.5, 0.6) is 0 Å². The predicted octanol–water partition coefficient (Wildman–Crippen LogP) is 4.74. The minimum Gasteiger partial charge on any atom is -0.351 e. The van der Waals surface area contributed by atoms with Crippen molar-refractivity contribution in [1.82, 2.24) is 26.6 Å². The molecule has 1 atom stereocenters. The van der Waals surface area contributed by atoms with Gasteiger partial charge in [-0.1, -0.05) is 6.08 Å². The summed E-state index contributed by atoms with van der Waals surface area (Å²) in [4.78, 5) is 95.5. The number of allylic oxidation sites excluding steroid dienone is 1. The number of carbonyl (C=O) groups excluding carboxylic acids is 5. The van der Waals surface area contributed by atoms with Crippen LogP contribution in [0.15, 0.2) is 11.8 Å². The molecule has 332 valence electrons. The van der Waals surface area contributed by atoms with E-state index in [9.17, 15) is 64.4 Å². The molecule has 24 heteroatoms. The Morgan fingerprint density at radius 2 is 1.08 bits per heavy atom. The first kappa shape index (κ1) is 62.5. The summed E-state index contributed by atoms with van der Waals surface area (Å²) in [6.07, 6.45) is 6.61. The molecule has 59 heavy (non-hydrogen) atoms. The van der Waals surface area contributed by atoms with Gasteiger partial charge in [-0.2, -0.15) is 6.42 Å². The van der Waals surface area contributed by atoms with E-state index >= 15 is 0 Å². The fourth-order valence-electron chi connectivity index (χ4n) is 4.79. The van der Waals surface area contributed by atoms with Crippen molar-refractivity contribution in [3.05, 3.63) is 59.2 Å². The summed E-state index contributed by atoms with van der Waals surface area (Å²) in [5, 5.41) is 53.8. The summed E-state index contributed by atoms with van der Waals surface area (Å²) in [6, 6.07) is -1.61. The van der Waals surface area contributed by atoms with E-state index in [4.69, 9.17) is 0 Å².